The Morgan fingerprint density at radius 3 is 2.70 bits per heavy atom. The van der Waals surface area contributed by atoms with Crippen molar-refractivity contribution in [1.29, 1.82) is 0 Å². The second-order valence-electron chi connectivity index (χ2n) is 7.47. The van der Waals surface area contributed by atoms with Gasteiger partial charge in [-0.1, -0.05) is 0 Å². The Kier molecular flexibility index (Phi) is 5.49. The van der Waals surface area contributed by atoms with Gasteiger partial charge in [0.2, 0.25) is 5.16 Å². The lowest BCUT2D eigenvalue weighted by molar-refractivity contribution is 0.102. The van der Waals surface area contributed by atoms with Gasteiger partial charge in [0.15, 0.2) is 11.6 Å². The third-order valence-corrected chi connectivity index (χ3v) is 5.65. The van der Waals surface area contributed by atoms with Crippen LogP contribution in [-0.4, -0.2) is 35.7 Å². The fourth-order valence-electron chi connectivity index (χ4n) is 3.25. The quantitative estimate of drug-likeness (QED) is 0.342. The van der Waals surface area contributed by atoms with Crippen LogP contribution in [0.1, 0.15) is 21.6 Å². The van der Waals surface area contributed by atoms with Gasteiger partial charge in [-0.05, 0) is 73.6 Å². The molecule has 10 heteroatoms. The molecule has 33 heavy (non-hydrogen) atoms. The van der Waals surface area contributed by atoms with Crippen LogP contribution < -0.4 is 10.6 Å². The van der Waals surface area contributed by atoms with Gasteiger partial charge in [-0.3, -0.25) is 14.9 Å². The van der Waals surface area contributed by atoms with Crippen LogP contribution in [-0.2, 0) is 0 Å². The number of carbonyl (C=O) groups excluding carboxylic acids is 1. The van der Waals surface area contributed by atoms with E-state index in [0.717, 1.165) is 21.7 Å². The van der Waals surface area contributed by atoms with Gasteiger partial charge >= 0.3 is 0 Å². The summed E-state index contributed by atoms with van der Waals surface area (Å²) >= 11 is 1.43. The third kappa shape index (κ3) is 4.70. The minimum atomic E-state index is -0.197. The minimum Gasteiger partial charge on any atom is -0.322 e. The number of fused-ring (bicyclic) bond motifs is 1. The molecule has 5 rings (SSSR count). The molecule has 0 unspecified atom stereocenters. The van der Waals surface area contributed by atoms with E-state index in [2.05, 4.69) is 35.9 Å². The highest BCUT2D eigenvalue weighted by atomic mass is 32.2. The van der Waals surface area contributed by atoms with E-state index >= 15 is 0 Å². The minimum absolute atomic E-state index is 0.197. The average Bonchev–Trinajstić information content (AvgIpc) is 3.44. The van der Waals surface area contributed by atoms with Crippen LogP contribution in [0.4, 0.5) is 17.3 Å². The molecule has 0 bridgehead atoms. The molecule has 0 aliphatic carbocycles. The summed E-state index contributed by atoms with van der Waals surface area (Å²) in [4.78, 5) is 22.1. The number of carbonyl (C=O) groups is 1. The molecule has 1 amide bonds. The predicted octanol–water partition coefficient (Wildman–Crippen LogP) is 4.61. The van der Waals surface area contributed by atoms with Gasteiger partial charge in [-0.15, -0.1) is 5.10 Å². The number of benzene rings is 1. The average molecular weight is 457 g/mol. The molecule has 164 valence electrons. The van der Waals surface area contributed by atoms with E-state index < -0.39 is 0 Å². The first-order valence-corrected chi connectivity index (χ1v) is 11.0. The van der Waals surface area contributed by atoms with E-state index in [1.54, 1.807) is 23.0 Å². The number of nitrogens with one attached hydrogen (secondary N) is 3. The molecule has 0 spiro atoms. The Hall–Kier alpha value is -4.18. The number of aromatic amines is 1. The first-order valence-electron chi connectivity index (χ1n) is 10.2. The van der Waals surface area contributed by atoms with Crippen molar-refractivity contribution in [3.63, 3.8) is 0 Å². The molecular formula is C23H20N8OS. The van der Waals surface area contributed by atoms with Crippen molar-refractivity contribution >= 4 is 40.5 Å². The molecule has 4 heterocycles. The summed E-state index contributed by atoms with van der Waals surface area (Å²) in [5, 5.41) is 18.4. The standard InChI is InChI=1S/C23H20N8OS/c1-14-10-16(13-24-12-14)22(32)25-17-5-7-18(8-6-17)33-23-27-21(19-4-3-9-31(19)30-23)26-20-11-15(2)28-29-20/h3-13H,1-2H3,(H,25,32)(H2,26,27,28,29,30). The number of aryl methyl sites for hydroxylation is 2. The van der Waals surface area contributed by atoms with Crippen molar-refractivity contribution in [3.8, 4) is 0 Å². The van der Waals surface area contributed by atoms with E-state index in [1.807, 2.05) is 62.5 Å². The summed E-state index contributed by atoms with van der Waals surface area (Å²) in [6.07, 6.45) is 5.14. The van der Waals surface area contributed by atoms with E-state index in [9.17, 15) is 4.79 Å². The lowest BCUT2D eigenvalue weighted by Crippen LogP contribution is -2.12. The highest BCUT2D eigenvalue weighted by Crippen LogP contribution is 2.29. The number of pyridine rings is 1. The van der Waals surface area contributed by atoms with Gasteiger partial charge < -0.3 is 10.6 Å². The topological polar surface area (TPSA) is 113 Å². The smallest absolute Gasteiger partial charge is 0.257 e. The Labute approximate surface area is 193 Å². The molecule has 5 aromatic rings. The largest absolute Gasteiger partial charge is 0.322 e. The zero-order chi connectivity index (χ0) is 22.8. The fraction of sp³-hybridized carbons (Fsp3) is 0.0870. The number of amides is 1. The Bertz CT molecular complexity index is 1440. The van der Waals surface area contributed by atoms with Crippen LogP contribution in [0, 0.1) is 13.8 Å². The van der Waals surface area contributed by atoms with Crippen LogP contribution in [0.3, 0.4) is 0 Å². The summed E-state index contributed by atoms with van der Waals surface area (Å²) in [5.74, 6) is 1.16. The molecule has 0 saturated carbocycles. The van der Waals surface area contributed by atoms with Crippen LogP contribution in [0.2, 0.25) is 0 Å². The molecule has 4 aromatic heterocycles. The summed E-state index contributed by atoms with van der Waals surface area (Å²) in [5.41, 5.74) is 3.96. The van der Waals surface area contributed by atoms with Crippen LogP contribution >= 0.6 is 11.8 Å². The summed E-state index contributed by atoms with van der Waals surface area (Å²) < 4.78 is 1.78. The van der Waals surface area contributed by atoms with Crippen molar-refractivity contribution in [2.45, 2.75) is 23.9 Å². The summed E-state index contributed by atoms with van der Waals surface area (Å²) in [6, 6.07) is 15.1. The monoisotopic (exact) mass is 456 g/mol. The first kappa shape index (κ1) is 20.7. The van der Waals surface area contributed by atoms with Crippen molar-refractivity contribution in [1.82, 2.24) is 29.8 Å². The molecule has 1 aromatic carbocycles. The van der Waals surface area contributed by atoms with Crippen molar-refractivity contribution < 1.29 is 4.79 Å². The third-order valence-electron chi connectivity index (χ3n) is 4.78. The molecule has 0 radical (unpaired) electrons. The highest BCUT2D eigenvalue weighted by Gasteiger charge is 2.12. The van der Waals surface area contributed by atoms with E-state index in [0.29, 0.717) is 28.0 Å². The van der Waals surface area contributed by atoms with Gasteiger partial charge in [-0.25, -0.2) is 9.50 Å². The van der Waals surface area contributed by atoms with Crippen LogP contribution in [0.25, 0.3) is 5.52 Å². The van der Waals surface area contributed by atoms with Gasteiger partial charge in [-0.2, -0.15) is 5.10 Å². The molecule has 0 fully saturated rings. The molecule has 0 saturated heterocycles. The van der Waals surface area contributed by atoms with Crippen molar-refractivity contribution in [3.05, 3.63) is 83.9 Å². The molecule has 0 aliphatic rings. The lowest BCUT2D eigenvalue weighted by Gasteiger charge is -2.09. The number of aromatic nitrogens is 6. The number of hydrogen-bond donors (Lipinski definition) is 3. The van der Waals surface area contributed by atoms with Gasteiger partial charge in [0.25, 0.3) is 5.91 Å². The van der Waals surface area contributed by atoms with E-state index in [1.165, 1.54) is 11.8 Å². The maximum Gasteiger partial charge on any atom is 0.257 e. The Balaban J connectivity index is 1.33. The van der Waals surface area contributed by atoms with Gasteiger partial charge in [0, 0.05) is 40.9 Å². The van der Waals surface area contributed by atoms with Crippen molar-refractivity contribution in [2.75, 3.05) is 10.6 Å². The maximum atomic E-state index is 12.4. The zero-order valence-corrected chi connectivity index (χ0v) is 18.7. The van der Waals surface area contributed by atoms with E-state index in [-0.39, 0.29) is 5.91 Å². The fourth-order valence-corrected chi connectivity index (χ4v) is 4.00. The van der Waals surface area contributed by atoms with Gasteiger partial charge in [0.1, 0.15) is 5.52 Å². The Morgan fingerprint density at radius 1 is 1.09 bits per heavy atom. The van der Waals surface area contributed by atoms with E-state index in [4.69, 9.17) is 0 Å². The summed E-state index contributed by atoms with van der Waals surface area (Å²) in [6.45, 7) is 3.84. The number of rotatable bonds is 6. The van der Waals surface area contributed by atoms with Gasteiger partial charge in [0.05, 0.1) is 5.56 Å². The van der Waals surface area contributed by atoms with Crippen LogP contribution in [0.15, 0.2) is 77.2 Å². The number of H-pyrrole nitrogens is 1. The van der Waals surface area contributed by atoms with Crippen LogP contribution in [0.5, 0.6) is 0 Å². The number of hydrogen-bond acceptors (Lipinski definition) is 7. The normalized spacial score (nSPS) is 11.0. The second kappa shape index (κ2) is 8.75. The first-order chi connectivity index (χ1) is 16.0. The lowest BCUT2D eigenvalue weighted by atomic mass is 10.2. The zero-order valence-electron chi connectivity index (χ0n) is 17.9. The number of anilines is 3. The summed E-state index contributed by atoms with van der Waals surface area (Å²) in [7, 11) is 0. The van der Waals surface area contributed by atoms with Crippen molar-refractivity contribution in [2.24, 2.45) is 0 Å². The maximum absolute atomic E-state index is 12.4. The Morgan fingerprint density at radius 2 is 1.94 bits per heavy atom. The predicted molar refractivity (Wildman–Crippen MR) is 127 cm³/mol. The molecule has 0 aliphatic heterocycles. The molecular weight excluding hydrogens is 436 g/mol. The highest BCUT2D eigenvalue weighted by molar-refractivity contribution is 7.99. The number of nitrogens with zero attached hydrogens (tertiary/aromatic N) is 5. The molecule has 3 N–H and O–H groups in total. The molecule has 9 nitrogen and oxygen atoms in total. The second-order valence-corrected chi connectivity index (χ2v) is 8.51. The SMILES string of the molecule is Cc1cncc(C(=O)Nc2ccc(Sc3nc(Nc4cc(C)[nH]n4)c4cccn4n3)cc2)c1. The molecule has 0 atom stereocenters.